The van der Waals surface area contributed by atoms with Crippen LogP contribution in [-0.2, 0) is 10.3 Å². The maximum atomic E-state index is 10.9. The van der Waals surface area contributed by atoms with Crippen molar-refractivity contribution in [3.8, 4) is 0 Å². The highest BCUT2D eigenvalue weighted by Crippen LogP contribution is 2.46. The molecular weight excluding hydrogens is 404 g/mol. The standard InChI is InChI=1S/C24H34N6O2/c1-28(2)24(19-6-4-3-5-7-19)10-8-23(9-11-24)18-30(22(31)27-23)20-16-25-21(26-17-20)29-12-14-32-15-13-29/h3-7,16-17,22,27,31H,8-15,18H2,1-2H3/t22?,23-,24+. The fourth-order valence-electron chi connectivity index (χ4n) is 5.62. The second kappa shape index (κ2) is 8.59. The molecule has 3 heterocycles. The molecule has 172 valence electrons. The fraction of sp³-hybridized carbons (Fsp3) is 0.583. The Balaban J connectivity index is 1.29. The summed E-state index contributed by atoms with van der Waals surface area (Å²) in [5.41, 5.74) is 2.17. The van der Waals surface area contributed by atoms with Crippen LogP contribution in [0.4, 0.5) is 11.6 Å². The average molecular weight is 439 g/mol. The van der Waals surface area contributed by atoms with Gasteiger partial charge < -0.3 is 19.6 Å². The van der Waals surface area contributed by atoms with E-state index in [2.05, 4.69) is 69.5 Å². The summed E-state index contributed by atoms with van der Waals surface area (Å²) < 4.78 is 5.41. The van der Waals surface area contributed by atoms with Gasteiger partial charge in [-0.05, 0) is 45.3 Å². The summed E-state index contributed by atoms with van der Waals surface area (Å²) in [4.78, 5) is 15.6. The van der Waals surface area contributed by atoms with E-state index < -0.39 is 6.35 Å². The largest absolute Gasteiger partial charge is 0.378 e. The number of hydrogen-bond acceptors (Lipinski definition) is 8. The molecular formula is C24H34N6O2. The number of benzene rings is 1. The SMILES string of the molecule is CN(C)[C@]1(c2ccccc2)CC[C@]2(CC1)CN(c1cnc(N3CCOCC3)nc1)C(O)N2. The van der Waals surface area contributed by atoms with Gasteiger partial charge >= 0.3 is 0 Å². The van der Waals surface area contributed by atoms with Crippen LogP contribution < -0.4 is 15.1 Å². The van der Waals surface area contributed by atoms with Crippen LogP contribution in [0.3, 0.4) is 0 Å². The molecule has 3 fully saturated rings. The summed E-state index contributed by atoms with van der Waals surface area (Å²) in [7, 11) is 4.36. The number of anilines is 2. The first kappa shape index (κ1) is 21.6. The quantitative estimate of drug-likeness (QED) is 0.748. The summed E-state index contributed by atoms with van der Waals surface area (Å²) in [6, 6.07) is 10.8. The Hall–Kier alpha value is -2.26. The fourth-order valence-corrected chi connectivity index (χ4v) is 5.62. The zero-order valence-corrected chi connectivity index (χ0v) is 19.1. The molecule has 2 aliphatic heterocycles. The van der Waals surface area contributed by atoms with Gasteiger partial charge in [0, 0.05) is 30.7 Å². The Labute approximate surface area is 190 Å². The van der Waals surface area contributed by atoms with Gasteiger partial charge in [-0.2, -0.15) is 0 Å². The molecule has 0 radical (unpaired) electrons. The zero-order valence-electron chi connectivity index (χ0n) is 19.1. The highest BCUT2D eigenvalue weighted by Gasteiger charge is 2.50. The van der Waals surface area contributed by atoms with Gasteiger partial charge in [-0.3, -0.25) is 10.2 Å². The lowest BCUT2D eigenvalue weighted by atomic mass is 9.69. The predicted molar refractivity (Wildman–Crippen MR) is 125 cm³/mol. The molecule has 1 saturated carbocycles. The first-order chi connectivity index (χ1) is 15.5. The van der Waals surface area contributed by atoms with E-state index in [0.29, 0.717) is 13.2 Å². The third-order valence-corrected chi connectivity index (χ3v) is 7.66. The predicted octanol–water partition coefficient (Wildman–Crippen LogP) is 1.77. The molecule has 0 bridgehead atoms. The first-order valence-electron chi connectivity index (χ1n) is 11.6. The normalized spacial score (nSPS) is 30.9. The van der Waals surface area contributed by atoms with Crippen LogP contribution in [0, 0.1) is 0 Å². The van der Waals surface area contributed by atoms with Gasteiger partial charge in [0.15, 0.2) is 6.35 Å². The van der Waals surface area contributed by atoms with Crippen molar-refractivity contribution >= 4 is 11.6 Å². The summed E-state index contributed by atoms with van der Waals surface area (Å²) in [6.07, 6.45) is 7.03. The van der Waals surface area contributed by atoms with Crippen molar-refractivity contribution in [3.63, 3.8) is 0 Å². The Morgan fingerprint density at radius 3 is 2.31 bits per heavy atom. The molecule has 2 saturated heterocycles. The molecule has 32 heavy (non-hydrogen) atoms. The lowest BCUT2D eigenvalue weighted by molar-refractivity contribution is 0.0513. The summed E-state index contributed by atoms with van der Waals surface area (Å²) in [5.74, 6) is 0.727. The molecule has 0 amide bonds. The maximum absolute atomic E-state index is 10.9. The Morgan fingerprint density at radius 1 is 1.03 bits per heavy atom. The third-order valence-electron chi connectivity index (χ3n) is 7.66. The van der Waals surface area contributed by atoms with Crippen LogP contribution in [0.2, 0.25) is 0 Å². The molecule has 1 spiro atoms. The van der Waals surface area contributed by atoms with Crippen LogP contribution in [-0.4, -0.2) is 78.8 Å². The van der Waals surface area contributed by atoms with Gasteiger partial charge in [0.2, 0.25) is 5.95 Å². The van der Waals surface area contributed by atoms with Gasteiger partial charge in [-0.25, -0.2) is 9.97 Å². The molecule has 1 aromatic carbocycles. The van der Waals surface area contributed by atoms with E-state index in [4.69, 9.17) is 4.74 Å². The summed E-state index contributed by atoms with van der Waals surface area (Å²) in [5, 5.41) is 14.4. The lowest BCUT2D eigenvalue weighted by Gasteiger charge is -2.49. The van der Waals surface area contributed by atoms with Crippen LogP contribution in [0.5, 0.6) is 0 Å². The van der Waals surface area contributed by atoms with Crippen LogP contribution in [0.1, 0.15) is 31.2 Å². The number of ether oxygens (including phenoxy) is 1. The third kappa shape index (κ3) is 3.85. The molecule has 1 aliphatic carbocycles. The number of aromatic nitrogens is 2. The van der Waals surface area contributed by atoms with Crippen molar-refractivity contribution < 1.29 is 9.84 Å². The highest BCUT2D eigenvalue weighted by atomic mass is 16.5. The topological polar surface area (TPSA) is 77.0 Å². The average Bonchev–Trinajstić information content (AvgIpc) is 3.16. The van der Waals surface area contributed by atoms with Crippen molar-refractivity contribution in [3.05, 3.63) is 48.3 Å². The zero-order chi connectivity index (χ0) is 22.2. The van der Waals surface area contributed by atoms with Crippen molar-refractivity contribution in [2.45, 2.75) is 43.1 Å². The maximum Gasteiger partial charge on any atom is 0.225 e. The molecule has 1 aromatic heterocycles. The van der Waals surface area contributed by atoms with E-state index in [1.54, 1.807) is 0 Å². The summed E-state index contributed by atoms with van der Waals surface area (Å²) in [6.45, 7) is 3.79. The van der Waals surface area contributed by atoms with E-state index in [1.165, 1.54) is 5.56 Å². The molecule has 8 nitrogen and oxygen atoms in total. The van der Waals surface area contributed by atoms with E-state index in [9.17, 15) is 5.11 Å². The number of nitrogens with one attached hydrogen (secondary N) is 1. The van der Waals surface area contributed by atoms with Crippen molar-refractivity contribution in [2.75, 3.05) is 56.7 Å². The Bertz CT molecular complexity index is 892. The molecule has 5 rings (SSSR count). The van der Waals surface area contributed by atoms with Crippen LogP contribution in [0.25, 0.3) is 0 Å². The second-order valence-electron chi connectivity index (χ2n) is 9.56. The molecule has 8 heteroatoms. The Kier molecular flexibility index (Phi) is 5.79. The molecule has 1 atom stereocenters. The second-order valence-corrected chi connectivity index (χ2v) is 9.56. The number of nitrogens with zero attached hydrogens (tertiary/aromatic N) is 5. The minimum atomic E-state index is -0.726. The van der Waals surface area contributed by atoms with Gasteiger partial charge in [-0.15, -0.1) is 0 Å². The molecule has 2 N–H and O–H groups in total. The van der Waals surface area contributed by atoms with Gasteiger partial charge in [-0.1, -0.05) is 30.3 Å². The number of aliphatic hydroxyl groups excluding tert-OH is 1. The minimum Gasteiger partial charge on any atom is -0.378 e. The van der Waals surface area contributed by atoms with E-state index in [1.807, 2.05) is 17.3 Å². The van der Waals surface area contributed by atoms with Crippen LogP contribution in [0.15, 0.2) is 42.7 Å². The number of morpholine rings is 1. The number of rotatable bonds is 4. The number of hydrogen-bond donors (Lipinski definition) is 2. The molecule has 1 unspecified atom stereocenters. The lowest BCUT2D eigenvalue weighted by Crippen LogP contribution is -2.54. The highest BCUT2D eigenvalue weighted by molar-refractivity contribution is 5.48. The van der Waals surface area contributed by atoms with Crippen molar-refractivity contribution in [2.24, 2.45) is 0 Å². The van der Waals surface area contributed by atoms with E-state index >= 15 is 0 Å². The van der Waals surface area contributed by atoms with Crippen molar-refractivity contribution in [1.82, 2.24) is 20.2 Å². The smallest absolute Gasteiger partial charge is 0.225 e. The van der Waals surface area contributed by atoms with Crippen molar-refractivity contribution in [1.29, 1.82) is 0 Å². The minimum absolute atomic E-state index is 0.0372. The number of aliphatic hydroxyl groups is 1. The van der Waals surface area contributed by atoms with Gasteiger partial charge in [0.25, 0.3) is 0 Å². The Morgan fingerprint density at radius 2 is 1.69 bits per heavy atom. The monoisotopic (exact) mass is 438 g/mol. The van der Waals surface area contributed by atoms with E-state index in [0.717, 1.165) is 57.0 Å². The first-order valence-corrected chi connectivity index (χ1v) is 11.6. The summed E-state index contributed by atoms with van der Waals surface area (Å²) >= 11 is 0. The van der Waals surface area contributed by atoms with Gasteiger partial charge in [0.05, 0.1) is 31.3 Å². The molecule has 3 aliphatic rings. The van der Waals surface area contributed by atoms with E-state index in [-0.39, 0.29) is 11.1 Å². The van der Waals surface area contributed by atoms with Crippen LogP contribution >= 0.6 is 0 Å². The molecule has 2 aromatic rings. The van der Waals surface area contributed by atoms with Gasteiger partial charge in [0.1, 0.15) is 0 Å².